The van der Waals surface area contributed by atoms with Crippen LogP contribution in [0.5, 0.6) is 5.75 Å². The summed E-state index contributed by atoms with van der Waals surface area (Å²) < 4.78 is 16.8. The van der Waals surface area contributed by atoms with Crippen molar-refractivity contribution in [2.24, 2.45) is 0 Å². The lowest BCUT2D eigenvalue weighted by atomic mass is 9.89. The van der Waals surface area contributed by atoms with Gasteiger partial charge in [0.15, 0.2) is 8.32 Å². The van der Waals surface area contributed by atoms with Crippen LogP contribution in [0.3, 0.4) is 0 Å². The van der Waals surface area contributed by atoms with Crippen LogP contribution in [0.15, 0.2) is 24.3 Å². The smallest absolute Gasteiger partial charge is 0.338 e. The minimum atomic E-state index is -2.07. The Balaban J connectivity index is 1.99. The fraction of sp³-hybridized carbons (Fsp3) is 0.650. The average molecular weight is 397 g/mol. The van der Waals surface area contributed by atoms with Crippen molar-refractivity contribution in [1.29, 1.82) is 0 Å². The number of benzene rings is 1. The molecule has 0 amide bonds. The van der Waals surface area contributed by atoms with Crippen molar-refractivity contribution >= 4 is 14.3 Å². The molecule has 0 aromatic heterocycles. The van der Waals surface area contributed by atoms with Gasteiger partial charge in [-0.3, -0.25) is 0 Å². The fourth-order valence-corrected chi connectivity index (χ4v) is 4.22. The van der Waals surface area contributed by atoms with Crippen LogP contribution in [-0.4, -0.2) is 56.0 Å². The van der Waals surface area contributed by atoms with Crippen molar-refractivity contribution in [2.75, 3.05) is 7.11 Å². The van der Waals surface area contributed by atoms with Crippen molar-refractivity contribution in [3.8, 4) is 5.75 Å². The van der Waals surface area contributed by atoms with E-state index in [2.05, 4.69) is 33.9 Å². The molecule has 0 unspecified atom stereocenters. The van der Waals surface area contributed by atoms with Crippen LogP contribution in [0.1, 0.15) is 44.0 Å². The summed E-state index contributed by atoms with van der Waals surface area (Å²) in [6.07, 6.45) is -2.48. The third kappa shape index (κ3) is 5.10. The first-order chi connectivity index (χ1) is 12.5. The predicted octanol–water partition coefficient (Wildman–Crippen LogP) is 3.13. The first-order valence-corrected chi connectivity index (χ1v) is 12.3. The van der Waals surface area contributed by atoms with E-state index in [9.17, 15) is 15.0 Å². The van der Waals surface area contributed by atoms with Gasteiger partial charge in [-0.15, -0.1) is 0 Å². The highest BCUT2D eigenvalue weighted by molar-refractivity contribution is 6.74. The van der Waals surface area contributed by atoms with Gasteiger partial charge in [0, 0.05) is 0 Å². The number of aliphatic hydroxyl groups excluding tert-OH is 2. The molecule has 2 N–H and O–H groups in total. The zero-order valence-corrected chi connectivity index (χ0v) is 18.1. The zero-order valence-electron chi connectivity index (χ0n) is 17.1. The van der Waals surface area contributed by atoms with Crippen molar-refractivity contribution in [2.45, 2.75) is 76.2 Å². The Bertz CT molecular complexity index is 637. The highest BCUT2D eigenvalue weighted by atomic mass is 28.4. The van der Waals surface area contributed by atoms with Gasteiger partial charge in [0.25, 0.3) is 0 Å². The van der Waals surface area contributed by atoms with E-state index in [1.807, 2.05) is 0 Å². The van der Waals surface area contributed by atoms with Gasteiger partial charge in [-0.1, -0.05) is 20.8 Å². The lowest BCUT2D eigenvalue weighted by Gasteiger charge is -2.44. The van der Waals surface area contributed by atoms with Gasteiger partial charge in [-0.05, 0) is 55.2 Å². The predicted molar refractivity (Wildman–Crippen MR) is 106 cm³/mol. The van der Waals surface area contributed by atoms with E-state index >= 15 is 0 Å². The molecule has 7 heteroatoms. The van der Waals surface area contributed by atoms with Gasteiger partial charge in [-0.2, -0.15) is 0 Å². The van der Waals surface area contributed by atoms with Gasteiger partial charge in [0.1, 0.15) is 24.1 Å². The highest BCUT2D eigenvalue weighted by Gasteiger charge is 2.45. The van der Waals surface area contributed by atoms with E-state index in [0.717, 1.165) is 0 Å². The summed E-state index contributed by atoms with van der Waals surface area (Å²) in [5.74, 6) is 0.114. The molecule has 4 atom stereocenters. The standard InChI is InChI=1S/C20H32O6Si/c1-20(2,3)27(5,6)26-16-12-11-15(17(21)18(16)22)25-19(23)13-7-9-14(24-4)10-8-13/h7-10,15-18,21-22H,11-12H2,1-6H3/t15-,16-,17+,18-/m1/s1. The fourth-order valence-electron chi connectivity index (χ4n) is 2.86. The number of ether oxygens (including phenoxy) is 2. The second-order valence-electron chi connectivity index (χ2n) is 8.65. The van der Waals surface area contributed by atoms with Gasteiger partial charge in [0.05, 0.1) is 18.8 Å². The molecule has 0 aliphatic heterocycles. The third-order valence-corrected chi connectivity index (χ3v) is 10.2. The molecule has 1 aromatic carbocycles. The minimum Gasteiger partial charge on any atom is -0.497 e. The number of esters is 1. The summed E-state index contributed by atoms with van der Waals surface area (Å²) >= 11 is 0. The normalized spacial score (nSPS) is 26.5. The first kappa shape index (κ1) is 21.9. The Morgan fingerprint density at radius 3 is 2.07 bits per heavy atom. The van der Waals surface area contributed by atoms with Gasteiger partial charge >= 0.3 is 5.97 Å². The molecule has 0 bridgehead atoms. The number of hydrogen-bond acceptors (Lipinski definition) is 6. The lowest BCUT2D eigenvalue weighted by Crippen LogP contribution is -2.55. The Morgan fingerprint density at radius 1 is 1.04 bits per heavy atom. The molecule has 0 radical (unpaired) electrons. The van der Waals surface area contributed by atoms with Crippen LogP contribution in [0.4, 0.5) is 0 Å². The van der Waals surface area contributed by atoms with E-state index in [0.29, 0.717) is 24.2 Å². The molecule has 1 aromatic rings. The zero-order chi connectivity index (χ0) is 20.4. The summed E-state index contributed by atoms with van der Waals surface area (Å²) in [6, 6.07) is 6.56. The Morgan fingerprint density at radius 2 is 1.56 bits per heavy atom. The summed E-state index contributed by atoms with van der Waals surface area (Å²) in [6.45, 7) is 10.6. The monoisotopic (exact) mass is 396 g/mol. The van der Waals surface area contributed by atoms with Crippen LogP contribution in [0, 0.1) is 0 Å². The maximum Gasteiger partial charge on any atom is 0.338 e. The highest BCUT2D eigenvalue weighted by Crippen LogP contribution is 2.39. The van der Waals surface area contributed by atoms with E-state index < -0.39 is 38.7 Å². The molecule has 0 heterocycles. The van der Waals surface area contributed by atoms with Crippen molar-refractivity contribution in [3.05, 3.63) is 29.8 Å². The van der Waals surface area contributed by atoms with Gasteiger partial charge < -0.3 is 24.1 Å². The van der Waals surface area contributed by atoms with E-state index in [4.69, 9.17) is 13.9 Å². The maximum absolute atomic E-state index is 12.3. The molecular formula is C20H32O6Si. The van der Waals surface area contributed by atoms with Gasteiger partial charge in [0.2, 0.25) is 0 Å². The molecule has 6 nitrogen and oxygen atoms in total. The summed E-state index contributed by atoms with van der Waals surface area (Å²) in [4.78, 5) is 12.3. The maximum atomic E-state index is 12.3. The number of methoxy groups -OCH3 is 1. The molecule has 1 aliphatic carbocycles. The summed E-state index contributed by atoms with van der Waals surface area (Å²) in [7, 11) is -0.519. The van der Waals surface area contributed by atoms with Crippen molar-refractivity contribution in [3.63, 3.8) is 0 Å². The number of aliphatic hydroxyl groups is 2. The van der Waals surface area contributed by atoms with Gasteiger partial charge in [-0.25, -0.2) is 4.79 Å². The molecule has 27 heavy (non-hydrogen) atoms. The van der Waals surface area contributed by atoms with E-state index in [1.165, 1.54) is 0 Å². The Kier molecular flexibility index (Phi) is 6.73. The van der Waals surface area contributed by atoms with Crippen molar-refractivity contribution < 1.29 is 28.9 Å². The Labute approximate surface area is 162 Å². The molecule has 152 valence electrons. The number of carbonyl (C=O) groups excluding carboxylic acids is 1. The summed E-state index contributed by atoms with van der Waals surface area (Å²) in [5, 5.41) is 21.0. The van der Waals surface area contributed by atoms with Crippen LogP contribution in [-0.2, 0) is 9.16 Å². The molecule has 1 fully saturated rings. The lowest BCUT2D eigenvalue weighted by molar-refractivity contribution is -0.134. The number of hydrogen-bond donors (Lipinski definition) is 2. The van der Waals surface area contributed by atoms with E-state index in [-0.39, 0.29) is 5.04 Å². The second-order valence-corrected chi connectivity index (χ2v) is 13.4. The van der Waals surface area contributed by atoms with E-state index in [1.54, 1.807) is 31.4 Å². The number of carbonyl (C=O) groups is 1. The van der Waals surface area contributed by atoms with Crippen LogP contribution in [0.25, 0.3) is 0 Å². The molecule has 1 saturated carbocycles. The van der Waals surface area contributed by atoms with Crippen LogP contribution in [0.2, 0.25) is 18.1 Å². The van der Waals surface area contributed by atoms with Crippen LogP contribution < -0.4 is 4.74 Å². The molecule has 0 spiro atoms. The SMILES string of the molecule is COc1ccc(C(=O)O[C@@H]2CC[C@@H](O[Si](C)(C)C(C)(C)C)[C@@H](O)[C@H]2O)cc1. The third-order valence-electron chi connectivity index (χ3n) is 5.68. The summed E-state index contributed by atoms with van der Waals surface area (Å²) in [5.41, 5.74) is 0.372. The van der Waals surface area contributed by atoms with Crippen LogP contribution >= 0.6 is 0 Å². The molecule has 1 aliphatic rings. The second kappa shape index (κ2) is 8.30. The largest absolute Gasteiger partial charge is 0.497 e. The molecule has 0 saturated heterocycles. The topological polar surface area (TPSA) is 85.2 Å². The Hall–Kier alpha value is -1.41. The average Bonchev–Trinajstić information content (AvgIpc) is 2.60. The minimum absolute atomic E-state index is 0.00928. The number of rotatable bonds is 5. The van der Waals surface area contributed by atoms with Crippen molar-refractivity contribution in [1.82, 2.24) is 0 Å². The first-order valence-electron chi connectivity index (χ1n) is 9.35. The molecular weight excluding hydrogens is 364 g/mol. The molecule has 2 rings (SSSR count). The quantitative estimate of drug-likeness (QED) is 0.587.